The lowest BCUT2D eigenvalue weighted by Gasteiger charge is -1.95. The van der Waals surface area contributed by atoms with Gasteiger partial charge in [-0.15, -0.1) is 6.42 Å². The molecule has 0 aliphatic carbocycles. The lowest BCUT2D eigenvalue weighted by atomic mass is 10.2. The molecule has 0 radical (unpaired) electrons. The third-order valence-electron chi connectivity index (χ3n) is 1.77. The molecule has 0 aromatic carbocycles. The lowest BCUT2D eigenvalue weighted by molar-refractivity contribution is 1.22. The first-order chi connectivity index (χ1) is 6.31. The van der Waals surface area contributed by atoms with Crippen molar-refractivity contribution >= 4 is 11.0 Å². The maximum atomic E-state index is 11.2. The average molecular weight is 170 g/mol. The van der Waals surface area contributed by atoms with Crippen LogP contribution in [0, 0.1) is 12.3 Å². The van der Waals surface area contributed by atoms with Crippen LogP contribution >= 0.6 is 0 Å². The van der Waals surface area contributed by atoms with Gasteiger partial charge >= 0.3 is 0 Å². The summed E-state index contributed by atoms with van der Waals surface area (Å²) >= 11 is 0. The van der Waals surface area contributed by atoms with Crippen LogP contribution in [0.15, 0.2) is 29.2 Å². The SMILES string of the molecule is C#Cc1cc2cccnc2[nH]c1=O. The minimum Gasteiger partial charge on any atom is -0.306 e. The first kappa shape index (κ1) is 7.56. The molecule has 3 heteroatoms. The number of nitrogens with zero attached hydrogens (tertiary/aromatic N) is 1. The van der Waals surface area contributed by atoms with Gasteiger partial charge in [0, 0.05) is 11.6 Å². The van der Waals surface area contributed by atoms with Crippen LogP contribution < -0.4 is 5.56 Å². The molecule has 2 rings (SSSR count). The van der Waals surface area contributed by atoms with Crippen molar-refractivity contribution in [2.75, 3.05) is 0 Å². The minimum absolute atomic E-state index is 0.270. The van der Waals surface area contributed by atoms with Crippen molar-refractivity contribution in [3.8, 4) is 12.3 Å². The van der Waals surface area contributed by atoms with Gasteiger partial charge in [0.2, 0.25) is 0 Å². The third-order valence-corrected chi connectivity index (χ3v) is 1.77. The van der Waals surface area contributed by atoms with Crippen LogP contribution in [0.5, 0.6) is 0 Å². The highest BCUT2D eigenvalue weighted by Gasteiger charge is 1.98. The zero-order chi connectivity index (χ0) is 9.26. The molecule has 0 bridgehead atoms. The van der Waals surface area contributed by atoms with Gasteiger partial charge in [0.1, 0.15) is 5.65 Å². The standard InChI is InChI=1S/C10H6N2O/c1-2-7-6-8-4-3-5-11-9(8)12-10(7)13/h1,3-6H,(H,11,12,13). The largest absolute Gasteiger partial charge is 0.306 e. The van der Waals surface area contributed by atoms with E-state index in [0.717, 1.165) is 5.39 Å². The molecule has 0 spiro atoms. The second kappa shape index (κ2) is 2.76. The molecular weight excluding hydrogens is 164 g/mol. The van der Waals surface area contributed by atoms with E-state index in [4.69, 9.17) is 6.42 Å². The summed E-state index contributed by atoms with van der Waals surface area (Å²) in [6.45, 7) is 0. The second-order valence-corrected chi connectivity index (χ2v) is 2.60. The van der Waals surface area contributed by atoms with Crippen LogP contribution in [0.4, 0.5) is 0 Å². The summed E-state index contributed by atoms with van der Waals surface area (Å²) in [4.78, 5) is 17.8. The van der Waals surface area contributed by atoms with Gasteiger partial charge in [-0.2, -0.15) is 0 Å². The summed E-state index contributed by atoms with van der Waals surface area (Å²) in [5.41, 5.74) is 0.626. The Bertz CT molecular complexity index is 549. The Morgan fingerprint density at radius 1 is 1.54 bits per heavy atom. The number of rotatable bonds is 0. The van der Waals surface area contributed by atoms with Crippen molar-refractivity contribution in [3.05, 3.63) is 40.3 Å². The van der Waals surface area contributed by atoms with E-state index in [1.54, 1.807) is 18.3 Å². The fourth-order valence-corrected chi connectivity index (χ4v) is 1.14. The number of fused-ring (bicyclic) bond motifs is 1. The number of aromatic nitrogens is 2. The minimum atomic E-state index is -0.270. The average Bonchev–Trinajstić information content (AvgIpc) is 2.17. The first-order valence-electron chi connectivity index (χ1n) is 3.76. The summed E-state index contributed by atoms with van der Waals surface area (Å²) in [5.74, 6) is 2.32. The number of hydrogen-bond donors (Lipinski definition) is 1. The molecule has 0 saturated carbocycles. The predicted octanol–water partition coefficient (Wildman–Crippen LogP) is 0.904. The van der Waals surface area contributed by atoms with Gasteiger partial charge in [-0.1, -0.05) is 5.92 Å². The number of hydrogen-bond acceptors (Lipinski definition) is 2. The normalized spacial score (nSPS) is 9.77. The van der Waals surface area contributed by atoms with Crippen molar-refractivity contribution in [1.29, 1.82) is 0 Å². The van der Waals surface area contributed by atoms with Gasteiger partial charge in [-0.05, 0) is 18.2 Å². The van der Waals surface area contributed by atoms with E-state index in [0.29, 0.717) is 11.2 Å². The molecule has 0 saturated heterocycles. The van der Waals surface area contributed by atoms with Crippen LogP contribution in [0.25, 0.3) is 11.0 Å². The Kier molecular flexibility index (Phi) is 1.60. The molecule has 0 aliphatic heterocycles. The third kappa shape index (κ3) is 1.18. The van der Waals surface area contributed by atoms with Crippen LogP contribution in [-0.2, 0) is 0 Å². The van der Waals surface area contributed by atoms with Crippen LogP contribution in [0.3, 0.4) is 0 Å². The van der Waals surface area contributed by atoms with Gasteiger partial charge in [0.15, 0.2) is 0 Å². The number of terminal acetylenes is 1. The Labute approximate surface area is 74.4 Å². The van der Waals surface area contributed by atoms with Crippen molar-refractivity contribution in [1.82, 2.24) is 9.97 Å². The monoisotopic (exact) mass is 170 g/mol. The molecule has 0 amide bonds. The number of H-pyrrole nitrogens is 1. The predicted molar refractivity (Wildman–Crippen MR) is 50.3 cm³/mol. The summed E-state index contributed by atoms with van der Waals surface area (Å²) in [5, 5.41) is 0.843. The van der Waals surface area contributed by atoms with Crippen LogP contribution in [-0.4, -0.2) is 9.97 Å². The zero-order valence-electron chi connectivity index (χ0n) is 6.74. The van der Waals surface area contributed by atoms with E-state index in [2.05, 4.69) is 15.9 Å². The number of nitrogens with one attached hydrogen (secondary N) is 1. The van der Waals surface area contributed by atoms with E-state index in [1.807, 2.05) is 6.07 Å². The molecule has 2 heterocycles. The van der Waals surface area contributed by atoms with E-state index in [-0.39, 0.29) is 5.56 Å². The van der Waals surface area contributed by atoms with Gasteiger partial charge in [-0.3, -0.25) is 4.79 Å². The zero-order valence-corrected chi connectivity index (χ0v) is 6.74. The highest BCUT2D eigenvalue weighted by molar-refractivity contribution is 5.75. The maximum absolute atomic E-state index is 11.2. The Morgan fingerprint density at radius 3 is 3.15 bits per heavy atom. The van der Waals surface area contributed by atoms with Crippen molar-refractivity contribution in [2.45, 2.75) is 0 Å². The molecule has 0 unspecified atom stereocenters. The molecule has 0 fully saturated rings. The topological polar surface area (TPSA) is 45.8 Å². The fraction of sp³-hybridized carbons (Fsp3) is 0. The summed E-state index contributed by atoms with van der Waals surface area (Å²) < 4.78 is 0. The summed E-state index contributed by atoms with van der Waals surface area (Å²) in [7, 11) is 0. The molecule has 3 nitrogen and oxygen atoms in total. The van der Waals surface area contributed by atoms with Gasteiger partial charge in [0.25, 0.3) is 5.56 Å². The van der Waals surface area contributed by atoms with E-state index in [9.17, 15) is 4.79 Å². The molecule has 62 valence electrons. The Hall–Kier alpha value is -2.08. The van der Waals surface area contributed by atoms with E-state index >= 15 is 0 Å². The van der Waals surface area contributed by atoms with Crippen molar-refractivity contribution < 1.29 is 0 Å². The van der Waals surface area contributed by atoms with E-state index in [1.165, 1.54) is 0 Å². The molecule has 1 N–H and O–H groups in total. The lowest BCUT2D eigenvalue weighted by Crippen LogP contribution is -2.09. The number of pyridine rings is 2. The quantitative estimate of drug-likeness (QED) is 0.597. The highest BCUT2D eigenvalue weighted by Crippen LogP contribution is 2.05. The van der Waals surface area contributed by atoms with Gasteiger partial charge in [0.05, 0.1) is 5.56 Å². The Balaban J connectivity index is 2.91. The number of aromatic amines is 1. The molecule has 0 aliphatic rings. The molecular formula is C10H6N2O. The van der Waals surface area contributed by atoms with E-state index < -0.39 is 0 Å². The summed E-state index contributed by atoms with van der Waals surface area (Å²) in [6.07, 6.45) is 6.77. The van der Waals surface area contributed by atoms with Gasteiger partial charge < -0.3 is 4.98 Å². The molecule has 13 heavy (non-hydrogen) atoms. The molecule has 0 atom stereocenters. The molecule has 2 aromatic rings. The van der Waals surface area contributed by atoms with Crippen molar-refractivity contribution in [2.24, 2.45) is 0 Å². The van der Waals surface area contributed by atoms with Crippen LogP contribution in [0.1, 0.15) is 5.56 Å². The van der Waals surface area contributed by atoms with Crippen LogP contribution in [0.2, 0.25) is 0 Å². The fourth-order valence-electron chi connectivity index (χ4n) is 1.14. The summed E-state index contributed by atoms with van der Waals surface area (Å²) in [6, 6.07) is 5.29. The van der Waals surface area contributed by atoms with Crippen molar-refractivity contribution in [3.63, 3.8) is 0 Å². The first-order valence-corrected chi connectivity index (χ1v) is 3.76. The maximum Gasteiger partial charge on any atom is 0.265 e. The highest BCUT2D eigenvalue weighted by atomic mass is 16.1. The van der Waals surface area contributed by atoms with Gasteiger partial charge in [-0.25, -0.2) is 4.98 Å². The second-order valence-electron chi connectivity index (χ2n) is 2.60. The Morgan fingerprint density at radius 2 is 2.38 bits per heavy atom. The molecule has 2 aromatic heterocycles. The smallest absolute Gasteiger partial charge is 0.265 e.